The number of likely N-dealkylation sites (tertiary alicyclic amines) is 1. The Hall–Kier alpha value is -5.11. The van der Waals surface area contributed by atoms with E-state index in [0.717, 1.165) is 0 Å². The smallest absolute Gasteiger partial charge is 0.327 e. The van der Waals surface area contributed by atoms with Crippen molar-refractivity contribution in [2.75, 3.05) is 21.3 Å². The number of rotatable bonds is 9. The minimum Gasteiger partial charge on any atom is -0.497 e. The number of Topliss-reactive ketones (excluding diaryl/α,β-unsaturated/α-hetero) is 1. The molecule has 1 fully saturated rings. The normalized spacial score (nSPS) is 19.6. The van der Waals surface area contributed by atoms with Gasteiger partial charge in [-0.2, -0.15) is 0 Å². The summed E-state index contributed by atoms with van der Waals surface area (Å²) in [6, 6.07) is 27.3. The molecular formula is C34H31NO7. The maximum absolute atomic E-state index is 14.4. The number of amides is 1. The van der Waals surface area contributed by atoms with Gasteiger partial charge in [0, 0.05) is 17.0 Å². The predicted molar refractivity (Wildman–Crippen MR) is 156 cm³/mol. The van der Waals surface area contributed by atoms with Crippen molar-refractivity contribution >= 4 is 17.7 Å². The van der Waals surface area contributed by atoms with Crippen LogP contribution in [0.15, 0.2) is 103 Å². The molecule has 8 nitrogen and oxygen atoms in total. The van der Waals surface area contributed by atoms with Crippen molar-refractivity contribution in [3.05, 3.63) is 125 Å². The number of aliphatic carboxylic acids is 1. The van der Waals surface area contributed by atoms with Gasteiger partial charge in [0.05, 0.1) is 33.3 Å². The highest BCUT2D eigenvalue weighted by Gasteiger charge is 2.57. The number of carbonyl (C=O) groups excluding carboxylic acids is 2. The van der Waals surface area contributed by atoms with Gasteiger partial charge in [-0.1, -0.05) is 72.8 Å². The lowest BCUT2D eigenvalue weighted by Crippen LogP contribution is -2.43. The highest BCUT2D eigenvalue weighted by Crippen LogP contribution is 2.52. The van der Waals surface area contributed by atoms with Crippen LogP contribution < -0.4 is 14.2 Å². The number of methoxy groups -OCH3 is 3. The first-order chi connectivity index (χ1) is 20.4. The van der Waals surface area contributed by atoms with Crippen LogP contribution in [0, 0.1) is 5.92 Å². The van der Waals surface area contributed by atoms with Gasteiger partial charge in [0.2, 0.25) is 0 Å². The molecule has 4 unspecified atom stereocenters. The average Bonchev–Trinajstić information content (AvgIpc) is 3.41. The maximum Gasteiger partial charge on any atom is 0.327 e. The molecule has 4 aromatic carbocycles. The van der Waals surface area contributed by atoms with Gasteiger partial charge in [-0.3, -0.25) is 9.59 Å². The van der Waals surface area contributed by atoms with Gasteiger partial charge in [0.1, 0.15) is 11.8 Å². The van der Waals surface area contributed by atoms with Crippen molar-refractivity contribution in [1.29, 1.82) is 0 Å². The third-order valence-electron chi connectivity index (χ3n) is 7.79. The Bertz CT molecular complexity index is 1570. The van der Waals surface area contributed by atoms with E-state index in [9.17, 15) is 19.5 Å². The maximum atomic E-state index is 14.4. The topological polar surface area (TPSA) is 102 Å². The number of ether oxygens (including phenoxy) is 3. The van der Waals surface area contributed by atoms with Crippen molar-refractivity contribution in [2.24, 2.45) is 5.92 Å². The summed E-state index contributed by atoms with van der Waals surface area (Å²) in [7, 11) is 4.50. The van der Waals surface area contributed by atoms with Crippen molar-refractivity contribution in [3.8, 4) is 17.2 Å². The van der Waals surface area contributed by atoms with Gasteiger partial charge in [0.25, 0.3) is 5.91 Å². The molecule has 214 valence electrons. The van der Waals surface area contributed by atoms with Crippen LogP contribution in [0.3, 0.4) is 0 Å². The van der Waals surface area contributed by atoms with E-state index < -0.39 is 35.8 Å². The zero-order valence-corrected chi connectivity index (χ0v) is 23.5. The van der Waals surface area contributed by atoms with Crippen LogP contribution in [0.1, 0.15) is 43.8 Å². The molecule has 0 bridgehead atoms. The molecule has 0 radical (unpaired) electrons. The van der Waals surface area contributed by atoms with Crippen LogP contribution in [0.25, 0.3) is 0 Å². The summed E-state index contributed by atoms with van der Waals surface area (Å²) in [6.07, 6.45) is 0. The lowest BCUT2D eigenvalue weighted by molar-refractivity contribution is -0.142. The molecule has 1 heterocycles. The quantitative estimate of drug-likeness (QED) is 0.262. The fourth-order valence-corrected chi connectivity index (χ4v) is 5.89. The highest BCUT2D eigenvalue weighted by atomic mass is 16.5. The second-order valence-corrected chi connectivity index (χ2v) is 9.98. The molecule has 5 rings (SSSR count). The number of carboxylic acids is 1. The van der Waals surface area contributed by atoms with Crippen LogP contribution in [0.5, 0.6) is 17.2 Å². The van der Waals surface area contributed by atoms with Crippen LogP contribution in [-0.4, -0.2) is 55.0 Å². The molecule has 1 amide bonds. The second kappa shape index (κ2) is 12.2. The van der Waals surface area contributed by atoms with E-state index >= 15 is 0 Å². The van der Waals surface area contributed by atoms with Gasteiger partial charge in [-0.15, -0.1) is 0 Å². The first kappa shape index (κ1) is 28.4. The average molecular weight is 566 g/mol. The second-order valence-electron chi connectivity index (χ2n) is 9.98. The van der Waals surface area contributed by atoms with Crippen LogP contribution in [0.2, 0.25) is 0 Å². The van der Waals surface area contributed by atoms with Crippen LogP contribution in [-0.2, 0) is 4.79 Å². The summed E-state index contributed by atoms with van der Waals surface area (Å²) in [5.41, 5.74) is 1.91. The number of benzene rings is 4. The Morgan fingerprint density at radius 2 is 1.29 bits per heavy atom. The summed E-state index contributed by atoms with van der Waals surface area (Å²) in [4.78, 5) is 43.4. The summed E-state index contributed by atoms with van der Waals surface area (Å²) in [5, 5.41) is 10.7. The van der Waals surface area contributed by atoms with Crippen molar-refractivity contribution < 1.29 is 33.7 Å². The van der Waals surface area contributed by atoms with E-state index in [1.54, 1.807) is 92.0 Å². The number of nitrogens with zero attached hydrogens (tertiary/aromatic N) is 1. The molecule has 0 spiro atoms. The number of hydrogen-bond acceptors (Lipinski definition) is 6. The van der Waals surface area contributed by atoms with Crippen LogP contribution in [0.4, 0.5) is 0 Å². The summed E-state index contributed by atoms with van der Waals surface area (Å²) >= 11 is 0. The molecule has 1 N–H and O–H groups in total. The molecule has 4 atom stereocenters. The van der Waals surface area contributed by atoms with E-state index in [0.29, 0.717) is 33.9 Å². The molecule has 0 aliphatic carbocycles. The summed E-state index contributed by atoms with van der Waals surface area (Å²) < 4.78 is 16.1. The number of ketones is 1. The lowest BCUT2D eigenvalue weighted by Gasteiger charge is -2.30. The zero-order valence-electron chi connectivity index (χ0n) is 23.5. The van der Waals surface area contributed by atoms with Crippen molar-refractivity contribution in [3.63, 3.8) is 0 Å². The van der Waals surface area contributed by atoms with Gasteiger partial charge in [-0.05, 0) is 41.5 Å². The zero-order chi connectivity index (χ0) is 29.8. The van der Waals surface area contributed by atoms with Crippen LogP contribution >= 0.6 is 0 Å². The molecule has 0 saturated carbocycles. The first-order valence-corrected chi connectivity index (χ1v) is 13.4. The van der Waals surface area contributed by atoms with Gasteiger partial charge >= 0.3 is 5.97 Å². The molecular weight excluding hydrogens is 534 g/mol. The first-order valence-electron chi connectivity index (χ1n) is 13.4. The molecule has 0 aromatic heterocycles. The highest BCUT2D eigenvalue weighted by molar-refractivity contribution is 6.03. The Morgan fingerprint density at radius 1 is 0.667 bits per heavy atom. The summed E-state index contributed by atoms with van der Waals surface area (Å²) in [6.45, 7) is 0. The molecule has 4 aromatic rings. The number of carboxylic acid groups (broad SMARTS) is 1. The number of hydrogen-bond donors (Lipinski definition) is 1. The molecule has 1 aliphatic rings. The van der Waals surface area contributed by atoms with Gasteiger partial charge < -0.3 is 24.2 Å². The van der Waals surface area contributed by atoms with E-state index in [1.807, 2.05) is 12.1 Å². The minimum absolute atomic E-state index is 0.206. The van der Waals surface area contributed by atoms with E-state index in [2.05, 4.69) is 0 Å². The Labute approximate surface area is 244 Å². The van der Waals surface area contributed by atoms with Gasteiger partial charge in [-0.25, -0.2) is 4.79 Å². The van der Waals surface area contributed by atoms with Crippen molar-refractivity contribution in [2.45, 2.75) is 18.0 Å². The standard InChI is InChI=1S/C34H31NO7/c1-40-25-17-14-22(15-18-25)30-29(32(36)23-12-8-5-9-13-23)28(21-10-6-4-7-11-21)31(34(38)39)35(30)33(37)24-16-19-26(41-2)27(20-24)42-3/h4-20,28-31H,1-3H3,(H,38,39). The van der Waals surface area contributed by atoms with Crippen molar-refractivity contribution in [1.82, 2.24) is 4.90 Å². The molecule has 1 saturated heterocycles. The third kappa shape index (κ3) is 5.19. The van der Waals surface area contributed by atoms with Gasteiger partial charge in [0.15, 0.2) is 17.3 Å². The van der Waals surface area contributed by atoms with E-state index in [4.69, 9.17) is 14.2 Å². The van der Waals surface area contributed by atoms with E-state index in [-0.39, 0.29) is 11.3 Å². The largest absolute Gasteiger partial charge is 0.497 e. The summed E-state index contributed by atoms with van der Waals surface area (Å²) in [5.74, 6) is -2.41. The lowest BCUT2D eigenvalue weighted by atomic mass is 9.76. The third-order valence-corrected chi connectivity index (χ3v) is 7.79. The Balaban J connectivity index is 1.76. The fourth-order valence-electron chi connectivity index (χ4n) is 5.89. The predicted octanol–water partition coefficient (Wildman–Crippen LogP) is 5.65. The SMILES string of the molecule is COc1ccc(C2C(C(=O)c3ccccc3)C(c3ccccc3)C(C(=O)O)N2C(=O)c2ccc(OC)c(OC)c2)cc1. The van der Waals surface area contributed by atoms with E-state index in [1.165, 1.54) is 25.2 Å². The molecule has 42 heavy (non-hydrogen) atoms. The molecule has 8 heteroatoms. The Kier molecular flexibility index (Phi) is 8.24. The monoisotopic (exact) mass is 565 g/mol. The fraction of sp³-hybridized carbons (Fsp3) is 0.206. The Morgan fingerprint density at radius 3 is 1.86 bits per heavy atom. The number of carbonyl (C=O) groups is 3. The molecule has 1 aliphatic heterocycles. The minimum atomic E-state index is -1.35.